The van der Waals surface area contributed by atoms with Gasteiger partial charge < -0.3 is 0 Å². The monoisotopic (exact) mass is 363 g/mol. The number of hydrogen-bond donors (Lipinski definition) is 1. The Kier molecular flexibility index (Phi) is 4.85. The topological polar surface area (TPSA) is 80.7 Å². The summed E-state index contributed by atoms with van der Waals surface area (Å²) in [7, 11) is 0. The van der Waals surface area contributed by atoms with E-state index >= 15 is 0 Å². The number of nitrogens with one attached hydrogen (secondary N) is 1. The Bertz CT molecular complexity index is 840. The molecule has 0 aliphatic heterocycles. The van der Waals surface area contributed by atoms with Gasteiger partial charge in [-0.3, -0.25) is 10.1 Å². The van der Waals surface area contributed by atoms with Crippen LogP contribution < -0.4 is 5.32 Å². The van der Waals surface area contributed by atoms with Crippen LogP contribution in [0.25, 0.3) is 10.6 Å². The molecule has 1 aromatic carbocycles. The van der Waals surface area contributed by atoms with E-state index in [0.717, 1.165) is 10.6 Å². The van der Waals surface area contributed by atoms with E-state index in [0.29, 0.717) is 10.3 Å². The van der Waals surface area contributed by atoms with Crippen molar-refractivity contribution >= 4 is 45.7 Å². The largest absolute Gasteiger partial charge is 0.295 e. The van der Waals surface area contributed by atoms with Crippen molar-refractivity contribution in [1.29, 1.82) is 0 Å². The SMILES string of the molecule is CSc1ncc(Cl)c(C(=O)Nc2nnc(-c3ccccc3)s2)n1. The lowest BCUT2D eigenvalue weighted by atomic mass is 10.2. The van der Waals surface area contributed by atoms with Gasteiger partial charge >= 0.3 is 0 Å². The molecule has 0 saturated carbocycles. The number of carbonyl (C=O) groups excluding carboxylic acids is 1. The third-order valence-electron chi connectivity index (χ3n) is 2.79. The zero-order valence-corrected chi connectivity index (χ0v) is 14.2. The molecule has 0 saturated heterocycles. The highest BCUT2D eigenvalue weighted by Crippen LogP contribution is 2.26. The molecule has 0 fully saturated rings. The van der Waals surface area contributed by atoms with Gasteiger partial charge in [0.2, 0.25) is 5.13 Å². The standard InChI is InChI=1S/C14H10ClN5OS2/c1-22-13-16-7-9(15)10(17-13)11(21)18-14-20-19-12(23-14)8-5-3-2-4-6-8/h2-7H,1H3,(H,18,20,21). The van der Waals surface area contributed by atoms with Gasteiger partial charge in [0.15, 0.2) is 10.9 Å². The van der Waals surface area contributed by atoms with Gasteiger partial charge in [0, 0.05) is 5.56 Å². The molecule has 0 spiro atoms. The average Bonchev–Trinajstić information content (AvgIpc) is 3.04. The summed E-state index contributed by atoms with van der Waals surface area (Å²) in [6.45, 7) is 0. The molecular weight excluding hydrogens is 354 g/mol. The summed E-state index contributed by atoms with van der Waals surface area (Å²) >= 11 is 8.60. The summed E-state index contributed by atoms with van der Waals surface area (Å²) in [6.07, 6.45) is 3.23. The zero-order chi connectivity index (χ0) is 16.2. The number of anilines is 1. The van der Waals surface area contributed by atoms with Gasteiger partial charge in [0.05, 0.1) is 11.2 Å². The van der Waals surface area contributed by atoms with Crippen molar-refractivity contribution < 1.29 is 4.79 Å². The lowest BCUT2D eigenvalue weighted by molar-refractivity contribution is 0.102. The van der Waals surface area contributed by atoms with Crippen LogP contribution >= 0.6 is 34.7 Å². The fourth-order valence-electron chi connectivity index (χ4n) is 1.74. The Morgan fingerprint density at radius 2 is 2.04 bits per heavy atom. The predicted octanol–water partition coefficient (Wildman–Crippen LogP) is 3.62. The van der Waals surface area contributed by atoms with E-state index in [-0.39, 0.29) is 10.7 Å². The summed E-state index contributed by atoms with van der Waals surface area (Å²) in [4.78, 5) is 20.4. The van der Waals surface area contributed by atoms with E-state index in [2.05, 4.69) is 25.5 Å². The average molecular weight is 364 g/mol. The molecule has 0 atom stereocenters. The molecule has 116 valence electrons. The second-order valence-corrected chi connectivity index (χ2v) is 6.44. The Balaban J connectivity index is 1.80. The third-order valence-corrected chi connectivity index (χ3v) is 4.51. The number of nitrogens with zero attached hydrogens (tertiary/aromatic N) is 4. The Morgan fingerprint density at radius 1 is 1.26 bits per heavy atom. The number of carbonyl (C=O) groups is 1. The highest BCUT2D eigenvalue weighted by atomic mass is 35.5. The molecule has 9 heteroatoms. The first kappa shape index (κ1) is 15.9. The fraction of sp³-hybridized carbons (Fsp3) is 0.0714. The van der Waals surface area contributed by atoms with Crippen LogP contribution in [0.15, 0.2) is 41.7 Å². The Morgan fingerprint density at radius 3 is 2.78 bits per heavy atom. The molecule has 3 rings (SSSR count). The minimum absolute atomic E-state index is 0.113. The van der Waals surface area contributed by atoms with Crippen LogP contribution in [-0.2, 0) is 0 Å². The second kappa shape index (κ2) is 7.03. The Hall–Kier alpha value is -2.03. The van der Waals surface area contributed by atoms with Crippen LogP contribution in [0.2, 0.25) is 5.02 Å². The quantitative estimate of drug-likeness (QED) is 0.563. The van der Waals surface area contributed by atoms with Crippen LogP contribution in [0.5, 0.6) is 0 Å². The van der Waals surface area contributed by atoms with Crippen molar-refractivity contribution in [2.24, 2.45) is 0 Å². The van der Waals surface area contributed by atoms with Crippen molar-refractivity contribution in [1.82, 2.24) is 20.2 Å². The lowest BCUT2D eigenvalue weighted by Gasteiger charge is -2.03. The van der Waals surface area contributed by atoms with Crippen molar-refractivity contribution in [2.45, 2.75) is 5.16 Å². The van der Waals surface area contributed by atoms with Crippen molar-refractivity contribution in [2.75, 3.05) is 11.6 Å². The Labute approximate surface area is 145 Å². The maximum absolute atomic E-state index is 12.3. The number of halogens is 1. The molecule has 0 aliphatic rings. The first-order chi connectivity index (χ1) is 11.2. The van der Waals surface area contributed by atoms with E-state index in [9.17, 15) is 4.79 Å². The number of rotatable bonds is 4. The van der Waals surface area contributed by atoms with Gasteiger partial charge in [-0.25, -0.2) is 9.97 Å². The molecular formula is C14H10ClN5OS2. The first-order valence-corrected chi connectivity index (χ1v) is 8.86. The van der Waals surface area contributed by atoms with Gasteiger partial charge in [0.1, 0.15) is 5.01 Å². The van der Waals surface area contributed by atoms with Crippen LogP contribution in [0.1, 0.15) is 10.5 Å². The highest BCUT2D eigenvalue weighted by molar-refractivity contribution is 7.98. The number of aromatic nitrogens is 4. The lowest BCUT2D eigenvalue weighted by Crippen LogP contribution is -2.15. The van der Waals surface area contributed by atoms with Gasteiger partial charge in [-0.05, 0) is 6.26 Å². The highest BCUT2D eigenvalue weighted by Gasteiger charge is 2.16. The molecule has 0 bridgehead atoms. The summed E-state index contributed by atoms with van der Waals surface area (Å²) in [5.74, 6) is -0.441. The first-order valence-electron chi connectivity index (χ1n) is 6.44. The molecule has 1 N–H and O–H groups in total. The molecule has 6 nitrogen and oxygen atoms in total. The maximum Gasteiger partial charge on any atom is 0.277 e. The number of benzene rings is 1. The van der Waals surface area contributed by atoms with Crippen LogP contribution in [0.3, 0.4) is 0 Å². The fourth-order valence-corrected chi connectivity index (χ4v) is 3.00. The van der Waals surface area contributed by atoms with E-state index in [4.69, 9.17) is 11.6 Å². The van der Waals surface area contributed by atoms with Crippen LogP contribution in [-0.4, -0.2) is 32.3 Å². The van der Waals surface area contributed by atoms with Gasteiger partial charge in [-0.2, -0.15) is 0 Å². The number of hydrogen-bond acceptors (Lipinski definition) is 7. The van der Waals surface area contributed by atoms with Crippen molar-refractivity contribution in [3.63, 3.8) is 0 Å². The van der Waals surface area contributed by atoms with E-state index in [1.807, 2.05) is 36.6 Å². The van der Waals surface area contributed by atoms with Crippen LogP contribution in [0.4, 0.5) is 5.13 Å². The van der Waals surface area contributed by atoms with Gasteiger partial charge in [0.25, 0.3) is 5.91 Å². The molecule has 2 heterocycles. The summed E-state index contributed by atoms with van der Waals surface area (Å²) in [5.41, 5.74) is 1.05. The number of amides is 1. The third kappa shape index (κ3) is 3.66. The maximum atomic E-state index is 12.3. The minimum Gasteiger partial charge on any atom is -0.295 e. The molecule has 1 amide bonds. The zero-order valence-electron chi connectivity index (χ0n) is 11.9. The summed E-state index contributed by atoms with van der Waals surface area (Å²) < 4.78 is 0. The van der Waals surface area contributed by atoms with E-state index in [1.165, 1.54) is 29.3 Å². The van der Waals surface area contributed by atoms with Gasteiger partial charge in [-0.1, -0.05) is 65.0 Å². The van der Waals surface area contributed by atoms with E-state index in [1.54, 1.807) is 0 Å². The van der Waals surface area contributed by atoms with Crippen molar-refractivity contribution in [3.05, 3.63) is 47.2 Å². The minimum atomic E-state index is -0.441. The van der Waals surface area contributed by atoms with Gasteiger partial charge in [-0.15, -0.1) is 10.2 Å². The molecule has 0 unspecified atom stereocenters. The van der Waals surface area contributed by atoms with Crippen molar-refractivity contribution in [3.8, 4) is 10.6 Å². The normalized spacial score (nSPS) is 10.5. The molecule has 3 aromatic rings. The summed E-state index contributed by atoms with van der Waals surface area (Å²) in [6, 6.07) is 9.61. The van der Waals surface area contributed by atoms with E-state index < -0.39 is 5.91 Å². The molecule has 0 aliphatic carbocycles. The smallest absolute Gasteiger partial charge is 0.277 e. The molecule has 2 aromatic heterocycles. The van der Waals surface area contributed by atoms with Crippen LogP contribution in [0, 0.1) is 0 Å². The predicted molar refractivity (Wildman–Crippen MR) is 92.1 cm³/mol. The summed E-state index contributed by atoms with van der Waals surface area (Å²) in [5, 5.41) is 12.5. The molecule has 23 heavy (non-hydrogen) atoms. The number of thioether (sulfide) groups is 1. The molecule has 0 radical (unpaired) electrons. The second-order valence-electron chi connectivity index (χ2n) is 4.29.